The van der Waals surface area contributed by atoms with Gasteiger partial charge in [0.15, 0.2) is 0 Å². The van der Waals surface area contributed by atoms with E-state index in [1.54, 1.807) is 0 Å². The second kappa shape index (κ2) is 4.26. The quantitative estimate of drug-likeness (QED) is 0.847. The van der Waals surface area contributed by atoms with Gasteiger partial charge in [0.05, 0.1) is 5.54 Å². The molecule has 1 saturated carbocycles. The van der Waals surface area contributed by atoms with E-state index in [2.05, 4.69) is 37.2 Å². The van der Waals surface area contributed by atoms with E-state index in [1.807, 2.05) is 24.3 Å². The molecule has 80 valence electrons. The molecule has 0 radical (unpaired) electrons. The first-order chi connectivity index (χ1) is 7.15. The molecule has 0 heterocycles. The summed E-state index contributed by atoms with van der Waals surface area (Å²) in [6.07, 6.45) is 2.13. The van der Waals surface area contributed by atoms with Crippen LogP contribution in [0.1, 0.15) is 23.2 Å². The van der Waals surface area contributed by atoms with Crippen LogP contribution in [0.15, 0.2) is 28.7 Å². The van der Waals surface area contributed by atoms with E-state index in [0.717, 1.165) is 22.6 Å². The molecule has 0 spiro atoms. The number of alkyl halides is 1. The maximum Gasteiger partial charge on any atom is 0.251 e. The smallest absolute Gasteiger partial charge is 0.251 e. The van der Waals surface area contributed by atoms with Gasteiger partial charge in [0.1, 0.15) is 0 Å². The molecule has 0 unspecified atom stereocenters. The highest BCUT2D eigenvalue weighted by molar-refractivity contribution is 9.10. The molecule has 1 amide bonds. The Labute approximate surface area is 106 Å². The first-order valence-corrected chi connectivity index (χ1v) is 6.71. The zero-order chi connectivity index (χ0) is 10.9. The highest BCUT2D eigenvalue weighted by Crippen LogP contribution is 2.37. The first kappa shape index (κ1) is 11.1. The van der Waals surface area contributed by atoms with Crippen LogP contribution in [0.4, 0.5) is 0 Å². The minimum atomic E-state index is 0.00764. The molecule has 1 aromatic rings. The molecule has 0 atom stereocenters. The number of carbonyl (C=O) groups is 1. The highest BCUT2D eigenvalue weighted by Gasteiger charge is 2.42. The minimum absolute atomic E-state index is 0.00764. The van der Waals surface area contributed by atoms with E-state index in [1.165, 1.54) is 0 Å². The van der Waals surface area contributed by atoms with Crippen molar-refractivity contribution in [2.75, 3.05) is 5.33 Å². The van der Waals surface area contributed by atoms with Gasteiger partial charge in [-0.15, -0.1) is 0 Å². The predicted octanol–water partition coefficient (Wildman–Crippen LogP) is 3.11. The van der Waals surface area contributed by atoms with Gasteiger partial charge in [-0.1, -0.05) is 37.9 Å². The molecule has 4 heteroatoms. The van der Waals surface area contributed by atoms with Crippen molar-refractivity contribution in [3.63, 3.8) is 0 Å². The Bertz CT molecular complexity index is 388. The van der Waals surface area contributed by atoms with Gasteiger partial charge < -0.3 is 5.32 Å². The first-order valence-electron chi connectivity index (χ1n) is 4.79. The summed E-state index contributed by atoms with van der Waals surface area (Å²) >= 11 is 6.78. The van der Waals surface area contributed by atoms with Crippen LogP contribution in [0.25, 0.3) is 0 Å². The van der Waals surface area contributed by atoms with E-state index in [0.29, 0.717) is 5.56 Å². The van der Waals surface area contributed by atoms with Crippen molar-refractivity contribution in [1.29, 1.82) is 0 Å². The molecule has 2 nitrogen and oxygen atoms in total. The van der Waals surface area contributed by atoms with Crippen LogP contribution < -0.4 is 5.32 Å². The molecule has 1 aliphatic rings. The van der Waals surface area contributed by atoms with Gasteiger partial charge in [-0.05, 0) is 31.0 Å². The van der Waals surface area contributed by atoms with Crippen molar-refractivity contribution in [2.45, 2.75) is 18.4 Å². The number of carbonyl (C=O) groups excluding carboxylic acids is 1. The SMILES string of the molecule is O=C(NC1(CBr)CC1)c1cccc(Br)c1. The van der Waals surface area contributed by atoms with Crippen molar-refractivity contribution < 1.29 is 4.79 Å². The lowest BCUT2D eigenvalue weighted by Gasteiger charge is -2.14. The van der Waals surface area contributed by atoms with E-state index in [4.69, 9.17) is 0 Å². The fourth-order valence-electron chi connectivity index (χ4n) is 1.39. The van der Waals surface area contributed by atoms with Gasteiger partial charge >= 0.3 is 0 Å². The number of benzene rings is 1. The zero-order valence-corrected chi connectivity index (χ0v) is 11.3. The van der Waals surface area contributed by atoms with Crippen molar-refractivity contribution in [1.82, 2.24) is 5.32 Å². The summed E-state index contributed by atoms with van der Waals surface area (Å²) in [5, 5.41) is 3.89. The zero-order valence-electron chi connectivity index (χ0n) is 8.09. The Balaban J connectivity index is 2.08. The van der Waals surface area contributed by atoms with Crippen LogP contribution in [-0.2, 0) is 0 Å². The largest absolute Gasteiger partial charge is 0.346 e. The fraction of sp³-hybridized carbons (Fsp3) is 0.364. The maximum absolute atomic E-state index is 11.9. The summed E-state index contributed by atoms with van der Waals surface area (Å²) in [4.78, 5) is 11.9. The highest BCUT2D eigenvalue weighted by atomic mass is 79.9. The minimum Gasteiger partial charge on any atom is -0.346 e. The summed E-state index contributed by atoms with van der Waals surface area (Å²) in [6.45, 7) is 0. The van der Waals surface area contributed by atoms with Gasteiger partial charge in [0, 0.05) is 15.4 Å². The molecule has 0 saturated heterocycles. The Kier molecular flexibility index (Phi) is 3.16. The normalized spacial score (nSPS) is 17.2. The van der Waals surface area contributed by atoms with Crippen LogP contribution in [-0.4, -0.2) is 16.8 Å². The van der Waals surface area contributed by atoms with Gasteiger partial charge in [0.2, 0.25) is 0 Å². The summed E-state index contributed by atoms with van der Waals surface area (Å²) in [6, 6.07) is 7.44. The Morgan fingerprint density at radius 3 is 2.73 bits per heavy atom. The molecule has 1 aliphatic carbocycles. The van der Waals surface area contributed by atoms with Crippen molar-refractivity contribution >= 4 is 37.8 Å². The van der Waals surface area contributed by atoms with Gasteiger partial charge in [-0.3, -0.25) is 4.79 Å². The monoisotopic (exact) mass is 331 g/mol. The number of rotatable bonds is 3. The van der Waals surface area contributed by atoms with Gasteiger partial charge in [0.25, 0.3) is 5.91 Å². The number of amides is 1. The van der Waals surface area contributed by atoms with Gasteiger partial charge in [-0.25, -0.2) is 0 Å². The molecule has 2 rings (SSSR count). The van der Waals surface area contributed by atoms with Crippen LogP contribution in [0.2, 0.25) is 0 Å². The maximum atomic E-state index is 11.9. The molecular weight excluding hydrogens is 322 g/mol. The van der Waals surface area contributed by atoms with Crippen LogP contribution in [0.5, 0.6) is 0 Å². The summed E-state index contributed by atoms with van der Waals surface area (Å²) in [7, 11) is 0. The molecule has 0 bridgehead atoms. The van der Waals surface area contributed by atoms with Crippen molar-refractivity contribution in [2.24, 2.45) is 0 Å². The van der Waals surface area contributed by atoms with Gasteiger partial charge in [-0.2, -0.15) is 0 Å². The van der Waals surface area contributed by atoms with E-state index in [-0.39, 0.29) is 11.4 Å². The van der Waals surface area contributed by atoms with E-state index < -0.39 is 0 Å². The third-order valence-corrected chi connectivity index (χ3v) is 4.14. The molecule has 1 fully saturated rings. The lowest BCUT2D eigenvalue weighted by atomic mass is 10.2. The van der Waals surface area contributed by atoms with E-state index in [9.17, 15) is 4.79 Å². The second-order valence-corrected chi connectivity index (χ2v) is 5.35. The number of hydrogen-bond acceptors (Lipinski definition) is 1. The van der Waals surface area contributed by atoms with E-state index >= 15 is 0 Å². The fourth-order valence-corrected chi connectivity index (χ4v) is 2.49. The molecule has 0 aliphatic heterocycles. The predicted molar refractivity (Wildman–Crippen MR) is 67.4 cm³/mol. The average molecular weight is 333 g/mol. The van der Waals surface area contributed by atoms with Crippen LogP contribution in [0, 0.1) is 0 Å². The lowest BCUT2D eigenvalue weighted by Crippen LogP contribution is -2.38. The standard InChI is InChI=1S/C11H11Br2NO/c12-7-11(4-5-11)14-10(15)8-2-1-3-9(13)6-8/h1-3,6H,4-5,7H2,(H,14,15). The third-order valence-electron chi connectivity index (χ3n) is 2.57. The summed E-state index contributed by atoms with van der Waals surface area (Å²) in [5.41, 5.74) is 0.718. The van der Waals surface area contributed by atoms with Crippen molar-refractivity contribution in [3.8, 4) is 0 Å². The topological polar surface area (TPSA) is 29.1 Å². The molecule has 15 heavy (non-hydrogen) atoms. The van der Waals surface area contributed by atoms with Crippen LogP contribution >= 0.6 is 31.9 Å². The molecular formula is C11H11Br2NO. The number of nitrogens with one attached hydrogen (secondary N) is 1. The second-order valence-electron chi connectivity index (χ2n) is 3.88. The summed E-state index contributed by atoms with van der Waals surface area (Å²) in [5.74, 6) is 0.00764. The molecule has 1 aromatic carbocycles. The Hall–Kier alpha value is -0.350. The lowest BCUT2D eigenvalue weighted by molar-refractivity contribution is 0.0936. The molecule has 1 N–H and O–H groups in total. The average Bonchev–Trinajstić information content (AvgIpc) is 2.98. The molecule has 0 aromatic heterocycles. The third kappa shape index (κ3) is 2.61. The number of hydrogen-bond donors (Lipinski definition) is 1. The Morgan fingerprint density at radius 1 is 1.47 bits per heavy atom. The summed E-state index contributed by atoms with van der Waals surface area (Å²) < 4.78 is 0.929. The van der Waals surface area contributed by atoms with Crippen molar-refractivity contribution in [3.05, 3.63) is 34.3 Å². The van der Waals surface area contributed by atoms with Crippen LogP contribution in [0.3, 0.4) is 0 Å². The number of halogens is 2. The Morgan fingerprint density at radius 2 is 2.20 bits per heavy atom.